The fraction of sp³-hybridized carbons (Fsp3) is 0.0667. The van der Waals surface area contributed by atoms with Crippen molar-refractivity contribution < 1.29 is 33.5 Å². The maximum atomic E-state index is 12.6. The number of carbonyl (C=O) groups excluding carboxylic acids is 4. The first-order chi connectivity index (χ1) is 19.9. The molecule has 0 radical (unpaired) electrons. The molecular formula is C30H20N4O7. The lowest BCUT2D eigenvalue weighted by atomic mass is 10.1. The molecule has 0 saturated carbocycles. The molecule has 202 valence electrons. The van der Waals surface area contributed by atoms with Crippen LogP contribution < -0.4 is 9.47 Å². The van der Waals surface area contributed by atoms with Gasteiger partial charge in [0.2, 0.25) is 5.69 Å². The lowest BCUT2D eigenvalue weighted by molar-refractivity contribution is -0.435. The van der Waals surface area contributed by atoms with E-state index >= 15 is 0 Å². The summed E-state index contributed by atoms with van der Waals surface area (Å²) >= 11 is 0. The first-order valence-electron chi connectivity index (χ1n) is 12.5. The van der Waals surface area contributed by atoms with Gasteiger partial charge < -0.3 is 14.7 Å². The number of fused-ring (bicyclic) bond motifs is 2. The molecule has 0 saturated heterocycles. The van der Waals surface area contributed by atoms with Gasteiger partial charge in [0.25, 0.3) is 23.6 Å². The van der Waals surface area contributed by atoms with Gasteiger partial charge in [-0.3, -0.25) is 19.2 Å². The smallest absolute Gasteiger partial charge is 0.264 e. The van der Waals surface area contributed by atoms with Crippen LogP contribution in [0.2, 0.25) is 0 Å². The van der Waals surface area contributed by atoms with Crippen LogP contribution in [0.5, 0.6) is 11.5 Å². The number of rotatable bonds is 8. The van der Waals surface area contributed by atoms with Crippen molar-refractivity contribution in [3.05, 3.63) is 125 Å². The maximum Gasteiger partial charge on any atom is 0.264 e. The second-order valence-electron chi connectivity index (χ2n) is 9.08. The Morgan fingerprint density at radius 3 is 1.32 bits per heavy atom. The van der Waals surface area contributed by atoms with E-state index in [1.165, 1.54) is 24.3 Å². The molecule has 41 heavy (non-hydrogen) atoms. The highest BCUT2D eigenvalue weighted by molar-refractivity contribution is 6.22. The zero-order valence-electron chi connectivity index (χ0n) is 21.3. The van der Waals surface area contributed by atoms with Crippen LogP contribution in [0, 0.1) is 5.21 Å². The Labute approximate surface area is 233 Å². The van der Waals surface area contributed by atoms with E-state index in [9.17, 15) is 24.4 Å². The predicted molar refractivity (Wildman–Crippen MR) is 143 cm³/mol. The van der Waals surface area contributed by atoms with Gasteiger partial charge in [-0.2, -0.15) is 0 Å². The van der Waals surface area contributed by atoms with Crippen LogP contribution in [0.25, 0.3) is 0 Å². The Kier molecular flexibility index (Phi) is 6.44. The first-order valence-corrected chi connectivity index (χ1v) is 12.5. The Morgan fingerprint density at radius 2 is 0.927 bits per heavy atom. The monoisotopic (exact) mass is 548 g/mol. The molecule has 0 bridgehead atoms. The number of ether oxygens (including phenoxy) is 2. The van der Waals surface area contributed by atoms with E-state index < -0.39 is 23.6 Å². The minimum atomic E-state index is -0.424. The summed E-state index contributed by atoms with van der Waals surface area (Å²) in [6, 6.07) is 25.5. The highest BCUT2D eigenvalue weighted by atomic mass is 16.5. The molecule has 0 N–H and O–H groups in total. The molecular weight excluding hydrogens is 528 g/mol. The maximum absolute atomic E-state index is 12.6. The number of nitrogens with zero attached hydrogens (tertiary/aromatic N) is 4. The van der Waals surface area contributed by atoms with Crippen LogP contribution >= 0.6 is 0 Å². The van der Waals surface area contributed by atoms with Crippen LogP contribution in [0.15, 0.2) is 102 Å². The van der Waals surface area contributed by atoms with E-state index in [1.54, 1.807) is 72.8 Å². The molecule has 4 aromatic carbocycles. The normalized spacial score (nSPS) is 14.4. The topological polar surface area (TPSA) is 132 Å². The third-order valence-electron chi connectivity index (χ3n) is 6.58. The van der Waals surface area contributed by atoms with E-state index in [0.717, 1.165) is 9.80 Å². The minimum absolute atomic E-state index is 0.226. The van der Waals surface area contributed by atoms with Gasteiger partial charge in [-0.1, -0.05) is 29.1 Å². The third-order valence-corrected chi connectivity index (χ3v) is 6.58. The predicted octanol–water partition coefficient (Wildman–Crippen LogP) is 4.88. The van der Waals surface area contributed by atoms with Crippen molar-refractivity contribution in [3.63, 3.8) is 0 Å². The Balaban J connectivity index is 1.04. The molecule has 0 aliphatic carbocycles. The average molecular weight is 549 g/mol. The number of azo groups is 1. The molecule has 2 heterocycles. The Morgan fingerprint density at radius 1 is 0.561 bits per heavy atom. The van der Waals surface area contributed by atoms with Crippen molar-refractivity contribution in [2.24, 2.45) is 5.11 Å². The zero-order chi connectivity index (χ0) is 28.5. The molecule has 0 fully saturated rings. The summed E-state index contributed by atoms with van der Waals surface area (Å²) in [5, 5.41) is 16.6. The quantitative estimate of drug-likeness (QED) is 0.133. The fourth-order valence-corrected chi connectivity index (χ4v) is 4.43. The molecule has 2 aliphatic rings. The van der Waals surface area contributed by atoms with E-state index in [1.807, 2.05) is 0 Å². The number of hydrogen-bond acceptors (Lipinski definition) is 8. The SMILES string of the molecule is O=C1c2ccccc2C(=O)N1COc1ccc(N=[N+]([O-])c2ccc(OCN3C(=O)c4ccccc4C3=O)cc2)cc1. The summed E-state index contributed by atoms with van der Waals surface area (Å²) in [4.78, 5) is 52.3. The van der Waals surface area contributed by atoms with Crippen molar-refractivity contribution in [1.82, 2.24) is 9.80 Å². The molecule has 6 rings (SSSR count). The molecule has 0 unspecified atom stereocenters. The highest BCUT2D eigenvalue weighted by Crippen LogP contribution is 2.26. The summed E-state index contributed by atoms with van der Waals surface area (Å²) in [5.41, 5.74) is 1.93. The van der Waals surface area contributed by atoms with Crippen molar-refractivity contribution in [3.8, 4) is 11.5 Å². The molecule has 0 aromatic heterocycles. The summed E-state index contributed by atoms with van der Waals surface area (Å²) in [7, 11) is 0. The van der Waals surface area contributed by atoms with E-state index in [0.29, 0.717) is 44.3 Å². The number of carbonyl (C=O) groups is 4. The standard InChI is InChI=1S/C30H20N4O7/c35-27-23-5-1-2-6-24(23)28(36)32(27)17-40-21-13-9-19(10-14-21)31-34(39)20-11-15-22(16-12-20)41-18-33-29(37)25-7-3-4-8-26(25)30(33)38/h1-16H,17-18H2. The fourth-order valence-electron chi connectivity index (χ4n) is 4.43. The van der Waals surface area contributed by atoms with E-state index in [2.05, 4.69) is 5.11 Å². The first kappa shape index (κ1) is 25.4. The Bertz CT molecular complexity index is 1660. The van der Waals surface area contributed by atoms with Crippen LogP contribution in [0.1, 0.15) is 41.4 Å². The third kappa shape index (κ3) is 4.76. The second kappa shape index (κ2) is 10.4. The highest BCUT2D eigenvalue weighted by Gasteiger charge is 2.36. The van der Waals surface area contributed by atoms with Gasteiger partial charge in [0.15, 0.2) is 13.5 Å². The molecule has 4 aromatic rings. The molecule has 4 amide bonds. The van der Waals surface area contributed by atoms with Crippen molar-refractivity contribution in [1.29, 1.82) is 0 Å². The van der Waals surface area contributed by atoms with Gasteiger partial charge >= 0.3 is 0 Å². The van der Waals surface area contributed by atoms with Crippen LogP contribution in [-0.2, 0) is 0 Å². The summed E-state index contributed by atoms with van der Waals surface area (Å²) in [6.07, 6.45) is 0. The molecule has 0 atom stereocenters. The minimum Gasteiger partial charge on any atom is -0.594 e. The largest absolute Gasteiger partial charge is 0.594 e. The van der Waals surface area contributed by atoms with Crippen molar-refractivity contribution >= 4 is 35.0 Å². The zero-order valence-corrected chi connectivity index (χ0v) is 21.3. The van der Waals surface area contributed by atoms with Crippen LogP contribution in [0.3, 0.4) is 0 Å². The van der Waals surface area contributed by atoms with E-state index in [-0.39, 0.29) is 19.1 Å². The van der Waals surface area contributed by atoms with Gasteiger partial charge in [0.05, 0.1) is 22.3 Å². The van der Waals surface area contributed by atoms with Gasteiger partial charge in [-0.05, 0) is 60.7 Å². The Hall–Kier alpha value is -5.84. The van der Waals surface area contributed by atoms with Gasteiger partial charge in [0.1, 0.15) is 17.2 Å². The van der Waals surface area contributed by atoms with Gasteiger partial charge in [0, 0.05) is 17.2 Å². The van der Waals surface area contributed by atoms with Gasteiger partial charge in [-0.25, -0.2) is 9.80 Å². The average Bonchev–Trinajstić information content (AvgIpc) is 3.40. The summed E-state index contributed by atoms with van der Waals surface area (Å²) in [5.74, 6) is -0.937. The molecule has 0 spiro atoms. The summed E-state index contributed by atoms with van der Waals surface area (Å²) in [6.45, 7) is -0.517. The van der Waals surface area contributed by atoms with E-state index in [4.69, 9.17) is 9.47 Å². The number of imide groups is 2. The lowest BCUT2D eigenvalue weighted by Crippen LogP contribution is -2.33. The summed E-state index contributed by atoms with van der Waals surface area (Å²) < 4.78 is 11.2. The van der Waals surface area contributed by atoms with Crippen molar-refractivity contribution in [2.75, 3.05) is 13.5 Å². The molecule has 11 nitrogen and oxygen atoms in total. The number of hydrogen-bond donors (Lipinski definition) is 0. The van der Waals surface area contributed by atoms with Crippen LogP contribution in [0.4, 0.5) is 11.4 Å². The number of benzene rings is 4. The number of amides is 4. The van der Waals surface area contributed by atoms with Crippen molar-refractivity contribution in [2.45, 2.75) is 0 Å². The van der Waals surface area contributed by atoms with Crippen LogP contribution in [-0.4, -0.2) is 51.8 Å². The lowest BCUT2D eigenvalue weighted by Gasteiger charge is -2.15. The second-order valence-corrected chi connectivity index (χ2v) is 9.08. The molecule has 11 heteroatoms. The van der Waals surface area contributed by atoms with Gasteiger partial charge in [-0.15, -0.1) is 0 Å². The molecule has 2 aliphatic heterocycles.